The van der Waals surface area contributed by atoms with Gasteiger partial charge in [0.25, 0.3) is 0 Å². The Labute approximate surface area is 139 Å². The first-order valence-corrected chi connectivity index (χ1v) is 6.87. The Bertz CT molecular complexity index is 991. The number of hydrogen-bond donors (Lipinski definition) is 1. The summed E-state index contributed by atoms with van der Waals surface area (Å²) in [6.07, 6.45) is -8.52. The number of benzene rings is 1. The van der Waals surface area contributed by atoms with Gasteiger partial charge < -0.3 is 9.72 Å². The molecule has 1 aromatic carbocycles. The van der Waals surface area contributed by atoms with E-state index in [4.69, 9.17) is 12.2 Å². The molecule has 132 valence electrons. The number of fused-ring (bicyclic) bond motifs is 1. The maximum Gasteiger partial charge on any atom is 0.573 e. The highest BCUT2D eigenvalue weighted by Crippen LogP contribution is 2.29. The zero-order valence-electron chi connectivity index (χ0n) is 11.8. The second-order valence-electron chi connectivity index (χ2n) is 4.75. The molecule has 0 spiro atoms. The van der Waals surface area contributed by atoms with Gasteiger partial charge in [-0.1, -0.05) is 18.3 Å². The fourth-order valence-corrected chi connectivity index (χ4v) is 2.31. The minimum absolute atomic E-state index is 0.0433. The summed E-state index contributed by atoms with van der Waals surface area (Å²) in [5.41, 5.74) is -0.113. The number of ether oxygens (including phenoxy) is 1. The number of nitrogens with one attached hydrogen (secondary N) is 1. The molecule has 3 rings (SSSR count). The van der Waals surface area contributed by atoms with E-state index in [0.29, 0.717) is 0 Å². The molecule has 0 unspecified atom stereocenters. The lowest BCUT2D eigenvalue weighted by Gasteiger charge is -2.11. The molecule has 0 amide bonds. The van der Waals surface area contributed by atoms with Crippen LogP contribution in [0.15, 0.2) is 30.5 Å². The lowest BCUT2D eigenvalue weighted by atomic mass is 10.3. The van der Waals surface area contributed by atoms with Gasteiger partial charge in [-0.25, -0.2) is 9.67 Å². The van der Waals surface area contributed by atoms with E-state index < -0.39 is 24.1 Å². The van der Waals surface area contributed by atoms with Crippen molar-refractivity contribution < 1.29 is 31.1 Å². The van der Waals surface area contributed by atoms with E-state index in [1.807, 2.05) is 0 Å². The van der Waals surface area contributed by atoms with Crippen molar-refractivity contribution in [2.75, 3.05) is 0 Å². The standard InChI is InChI=1S/C13H6F6N4OS/c14-12(15,16)11-21-9-8(10(25)22-11)5-20-23(9)6-2-1-3-7(4-6)24-13(17,18)19/h1-5H,(H,21,22,25). The molecule has 2 heterocycles. The molecule has 2 aromatic heterocycles. The third kappa shape index (κ3) is 3.57. The molecule has 0 atom stereocenters. The number of rotatable bonds is 2. The monoisotopic (exact) mass is 380 g/mol. The molecular weight excluding hydrogens is 374 g/mol. The maximum atomic E-state index is 12.9. The van der Waals surface area contributed by atoms with E-state index in [0.717, 1.165) is 16.8 Å². The molecule has 0 saturated heterocycles. The molecule has 0 aliphatic carbocycles. The van der Waals surface area contributed by atoms with E-state index in [-0.39, 0.29) is 21.4 Å². The highest BCUT2D eigenvalue weighted by Gasteiger charge is 2.35. The number of nitrogens with zero attached hydrogens (tertiary/aromatic N) is 3. The smallest absolute Gasteiger partial charge is 0.406 e. The van der Waals surface area contributed by atoms with E-state index in [1.54, 1.807) is 0 Å². The predicted octanol–water partition coefficient (Wildman–Crippen LogP) is 4.40. The molecule has 0 saturated carbocycles. The van der Waals surface area contributed by atoms with Gasteiger partial charge in [-0.15, -0.1) is 13.2 Å². The number of aromatic amines is 1. The number of H-pyrrole nitrogens is 1. The average Bonchev–Trinajstić information content (AvgIpc) is 2.89. The molecule has 0 aliphatic rings. The van der Waals surface area contributed by atoms with Crippen LogP contribution in [0.5, 0.6) is 5.75 Å². The average molecular weight is 380 g/mol. The molecule has 1 N–H and O–H groups in total. The van der Waals surface area contributed by atoms with Crippen molar-refractivity contribution in [1.29, 1.82) is 0 Å². The van der Waals surface area contributed by atoms with Crippen molar-refractivity contribution in [3.63, 3.8) is 0 Å². The maximum absolute atomic E-state index is 12.9. The molecular formula is C13H6F6N4OS. The summed E-state index contributed by atoms with van der Waals surface area (Å²) in [6.45, 7) is 0. The van der Waals surface area contributed by atoms with Gasteiger partial charge in [0.15, 0.2) is 0 Å². The Hall–Kier alpha value is -2.63. The van der Waals surface area contributed by atoms with Crippen LogP contribution in [-0.2, 0) is 6.18 Å². The van der Waals surface area contributed by atoms with Gasteiger partial charge in [0.05, 0.1) is 17.3 Å². The summed E-state index contributed by atoms with van der Waals surface area (Å²) in [5, 5.41) is 3.98. The van der Waals surface area contributed by atoms with Gasteiger partial charge in [-0.2, -0.15) is 18.3 Å². The number of hydrogen-bond acceptors (Lipinski definition) is 4. The second-order valence-corrected chi connectivity index (χ2v) is 5.14. The SMILES string of the molecule is FC(F)(F)Oc1cccc(-n2ncc3c(=S)nc(C(F)(F)F)[nH]c32)c1. The van der Waals surface area contributed by atoms with Crippen molar-refractivity contribution in [2.24, 2.45) is 0 Å². The second kappa shape index (κ2) is 5.72. The molecule has 0 radical (unpaired) electrons. The third-order valence-corrected chi connectivity index (χ3v) is 3.33. The van der Waals surface area contributed by atoms with E-state index in [1.165, 1.54) is 18.3 Å². The molecule has 12 heteroatoms. The summed E-state index contributed by atoms with van der Waals surface area (Å²) in [4.78, 5) is 5.31. The van der Waals surface area contributed by atoms with Crippen molar-refractivity contribution in [2.45, 2.75) is 12.5 Å². The van der Waals surface area contributed by atoms with Crippen molar-refractivity contribution >= 4 is 23.3 Å². The molecule has 0 fully saturated rings. The first kappa shape index (κ1) is 17.2. The molecule has 0 aliphatic heterocycles. The largest absolute Gasteiger partial charge is 0.573 e. The Morgan fingerprint density at radius 1 is 1.12 bits per heavy atom. The molecule has 25 heavy (non-hydrogen) atoms. The summed E-state index contributed by atoms with van der Waals surface area (Å²) in [6, 6.07) is 4.61. The van der Waals surface area contributed by atoms with Gasteiger partial charge in [0, 0.05) is 6.07 Å². The Morgan fingerprint density at radius 2 is 1.84 bits per heavy atom. The molecule has 3 aromatic rings. The van der Waals surface area contributed by atoms with E-state index in [9.17, 15) is 26.3 Å². The van der Waals surface area contributed by atoms with Gasteiger partial charge in [-0.3, -0.25) is 0 Å². The van der Waals surface area contributed by atoms with Gasteiger partial charge >= 0.3 is 12.5 Å². The van der Waals surface area contributed by atoms with Crippen LogP contribution in [0.1, 0.15) is 5.82 Å². The summed E-state index contributed by atoms with van der Waals surface area (Å²) in [5.74, 6) is -1.88. The van der Waals surface area contributed by atoms with Crippen LogP contribution in [0.25, 0.3) is 16.7 Å². The number of aromatic nitrogens is 4. The van der Waals surface area contributed by atoms with Crippen LogP contribution in [-0.4, -0.2) is 26.1 Å². The van der Waals surface area contributed by atoms with Crippen molar-refractivity contribution in [3.8, 4) is 11.4 Å². The van der Waals surface area contributed by atoms with Crippen LogP contribution < -0.4 is 4.74 Å². The Morgan fingerprint density at radius 3 is 2.48 bits per heavy atom. The summed E-state index contributed by atoms with van der Waals surface area (Å²) >= 11 is 4.81. The van der Waals surface area contributed by atoms with Crippen LogP contribution in [0.4, 0.5) is 26.3 Å². The minimum atomic E-state index is -4.90. The third-order valence-electron chi connectivity index (χ3n) is 3.01. The highest BCUT2D eigenvalue weighted by atomic mass is 32.1. The van der Waals surface area contributed by atoms with Crippen molar-refractivity contribution in [3.05, 3.63) is 40.9 Å². The number of halogens is 6. The van der Waals surface area contributed by atoms with Crippen LogP contribution >= 0.6 is 12.2 Å². The van der Waals surface area contributed by atoms with E-state index in [2.05, 4.69) is 19.8 Å². The summed E-state index contributed by atoms with van der Waals surface area (Å²) in [7, 11) is 0. The normalized spacial score (nSPS) is 12.6. The van der Waals surface area contributed by atoms with Crippen molar-refractivity contribution in [1.82, 2.24) is 19.7 Å². The lowest BCUT2D eigenvalue weighted by molar-refractivity contribution is -0.274. The zero-order chi connectivity index (χ0) is 18.4. The fraction of sp³-hybridized carbons (Fsp3) is 0.154. The Balaban J connectivity index is 2.15. The van der Waals surface area contributed by atoms with Crippen LogP contribution in [0.3, 0.4) is 0 Å². The van der Waals surface area contributed by atoms with Gasteiger partial charge in [-0.05, 0) is 12.1 Å². The first-order valence-electron chi connectivity index (χ1n) is 6.46. The fourth-order valence-electron chi connectivity index (χ4n) is 2.07. The minimum Gasteiger partial charge on any atom is -0.406 e. The van der Waals surface area contributed by atoms with Gasteiger partial charge in [0.1, 0.15) is 16.0 Å². The van der Waals surface area contributed by atoms with Crippen LogP contribution in [0.2, 0.25) is 0 Å². The Kier molecular flexibility index (Phi) is 3.94. The molecule has 0 bridgehead atoms. The van der Waals surface area contributed by atoms with Gasteiger partial charge in [0.2, 0.25) is 5.82 Å². The number of alkyl halides is 6. The molecule has 5 nitrogen and oxygen atoms in total. The first-order chi connectivity index (χ1) is 11.5. The zero-order valence-corrected chi connectivity index (χ0v) is 12.6. The lowest BCUT2D eigenvalue weighted by Crippen LogP contribution is -2.17. The predicted molar refractivity (Wildman–Crippen MR) is 75.7 cm³/mol. The highest BCUT2D eigenvalue weighted by molar-refractivity contribution is 7.71. The topological polar surface area (TPSA) is 55.7 Å². The van der Waals surface area contributed by atoms with E-state index >= 15 is 0 Å². The summed E-state index contributed by atoms with van der Waals surface area (Å²) < 4.78 is 80.0. The quantitative estimate of drug-likeness (QED) is 0.529. The van der Waals surface area contributed by atoms with Crippen LogP contribution in [0, 0.1) is 4.64 Å².